The van der Waals surface area contributed by atoms with E-state index in [0.29, 0.717) is 11.4 Å². The largest absolute Gasteiger partial charge is 0.384 e. The van der Waals surface area contributed by atoms with Gasteiger partial charge in [-0.1, -0.05) is 0 Å². The fraction of sp³-hybridized carbons (Fsp3) is 0.100. The molecule has 0 aromatic carbocycles. The van der Waals surface area contributed by atoms with E-state index in [1.165, 1.54) is 24.7 Å². The number of aromatic nitrogens is 3. The van der Waals surface area contributed by atoms with Crippen LogP contribution in [-0.2, 0) is 6.54 Å². The van der Waals surface area contributed by atoms with E-state index in [9.17, 15) is 9.59 Å². The first-order valence-electron chi connectivity index (χ1n) is 4.91. The lowest BCUT2D eigenvalue weighted by Gasteiger charge is -2.03. The first-order valence-corrected chi connectivity index (χ1v) is 4.91. The molecule has 0 unspecified atom stereocenters. The lowest BCUT2D eigenvalue weighted by atomic mass is 10.2. The number of nitrogens with zero attached hydrogens (tertiary/aromatic N) is 1. The molecule has 5 N–H and O–H groups in total. The predicted octanol–water partition coefficient (Wildman–Crippen LogP) is -0.390. The van der Waals surface area contributed by atoms with Crippen LogP contribution in [-0.4, -0.2) is 21.1 Å². The molecule has 2 aromatic rings. The monoisotopic (exact) mass is 233 g/mol. The molecule has 0 radical (unpaired) electrons. The van der Waals surface area contributed by atoms with Crippen LogP contribution in [0.15, 0.2) is 29.5 Å². The van der Waals surface area contributed by atoms with Crippen molar-refractivity contribution in [3.05, 3.63) is 46.0 Å². The van der Waals surface area contributed by atoms with Crippen molar-refractivity contribution in [1.29, 1.82) is 0 Å². The highest BCUT2D eigenvalue weighted by atomic mass is 16.2. The van der Waals surface area contributed by atoms with E-state index in [2.05, 4.69) is 20.5 Å². The van der Waals surface area contributed by atoms with E-state index in [0.717, 1.165) is 0 Å². The number of anilines is 1. The second kappa shape index (κ2) is 4.52. The van der Waals surface area contributed by atoms with Gasteiger partial charge in [0.1, 0.15) is 11.4 Å². The lowest BCUT2D eigenvalue weighted by molar-refractivity contribution is 0.0949. The van der Waals surface area contributed by atoms with Crippen molar-refractivity contribution in [3.8, 4) is 0 Å². The normalized spacial score (nSPS) is 10.1. The Morgan fingerprint density at radius 2 is 2.35 bits per heavy atom. The van der Waals surface area contributed by atoms with Gasteiger partial charge in [0.15, 0.2) is 5.43 Å². The van der Waals surface area contributed by atoms with E-state index < -0.39 is 5.91 Å². The molecular formula is C10H11N5O2. The summed E-state index contributed by atoms with van der Waals surface area (Å²) in [5.41, 5.74) is 5.96. The number of pyridine rings is 1. The minimum atomic E-state index is -0.451. The van der Waals surface area contributed by atoms with Gasteiger partial charge < -0.3 is 16.0 Å². The third-order valence-corrected chi connectivity index (χ3v) is 2.26. The van der Waals surface area contributed by atoms with Gasteiger partial charge >= 0.3 is 0 Å². The van der Waals surface area contributed by atoms with Crippen molar-refractivity contribution in [2.24, 2.45) is 0 Å². The van der Waals surface area contributed by atoms with E-state index >= 15 is 0 Å². The van der Waals surface area contributed by atoms with Crippen molar-refractivity contribution in [2.45, 2.75) is 6.54 Å². The zero-order chi connectivity index (χ0) is 12.3. The Bertz CT molecular complexity index is 586. The highest BCUT2D eigenvalue weighted by Crippen LogP contribution is 2.04. The average molecular weight is 233 g/mol. The quantitative estimate of drug-likeness (QED) is 0.577. The van der Waals surface area contributed by atoms with Crippen molar-refractivity contribution in [1.82, 2.24) is 20.5 Å². The van der Waals surface area contributed by atoms with Crippen LogP contribution in [0.5, 0.6) is 0 Å². The summed E-state index contributed by atoms with van der Waals surface area (Å²) in [6.07, 6.45) is 4.34. The Balaban J connectivity index is 2.06. The Morgan fingerprint density at radius 3 is 3.00 bits per heavy atom. The van der Waals surface area contributed by atoms with Crippen molar-refractivity contribution < 1.29 is 4.79 Å². The first kappa shape index (κ1) is 10.9. The number of hydrogen-bond acceptors (Lipinski definition) is 4. The van der Waals surface area contributed by atoms with Crippen LogP contribution in [0.3, 0.4) is 0 Å². The molecule has 0 saturated carbocycles. The summed E-state index contributed by atoms with van der Waals surface area (Å²) in [5, 5.41) is 8.86. The maximum absolute atomic E-state index is 11.7. The second-order valence-corrected chi connectivity index (χ2v) is 3.41. The van der Waals surface area contributed by atoms with Crippen LogP contribution in [0.4, 0.5) is 5.82 Å². The molecule has 2 rings (SSSR count). The van der Waals surface area contributed by atoms with Gasteiger partial charge in [-0.3, -0.25) is 14.7 Å². The number of amides is 1. The number of carbonyl (C=O) groups excluding carboxylic acids is 1. The smallest absolute Gasteiger partial charge is 0.257 e. The average Bonchev–Trinajstić information content (AvgIpc) is 2.72. The van der Waals surface area contributed by atoms with Gasteiger partial charge in [-0.15, -0.1) is 0 Å². The molecule has 7 nitrogen and oxygen atoms in total. The van der Waals surface area contributed by atoms with E-state index in [1.807, 2.05) is 0 Å². The topological polar surface area (TPSA) is 117 Å². The van der Waals surface area contributed by atoms with E-state index in [4.69, 9.17) is 5.73 Å². The van der Waals surface area contributed by atoms with Gasteiger partial charge in [-0.05, 0) is 0 Å². The fourth-order valence-corrected chi connectivity index (χ4v) is 1.33. The van der Waals surface area contributed by atoms with Crippen molar-refractivity contribution in [2.75, 3.05) is 5.73 Å². The van der Waals surface area contributed by atoms with Crippen molar-refractivity contribution in [3.63, 3.8) is 0 Å². The second-order valence-electron chi connectivity index (χ2n) is 3.41. The van der Waals surface area contributed by atoms with Crippen LogP contribution >= 0.6 is 0 Å². The third kappa shape index (κ3) is 2.33. The van der Waals surface area contributed by atoms with Crippen LogP contribution in [0.25, 0.3) is 0 Å². The molecule has 88 valence electrons. The molecular weight excluding hydrogens is 222 g/mol. The Kier molecular flexibility index (Phi) is 2.91. The molecule has 17 heavy (non-hydrogen) atoms. The number of aromatic amines is 2. The highest BCUT2D eigenvalue weighted by molar-refractivity contribution is 5.93. The van der Waals surface area contributed by atoms with Crippen LogP contribution in [0, 0.1) is 0 Å². The zero-order valence-corrected chi connectivity index (χ0v) is 8.86. The minimum absolute atomic E-state index is 0.0644. The number of nitrogens with one attached hydrogen (secondary N) is 3. The number of H-pyrrole nitrogens is 2. The Labute approximate surface area is 96.0 Å². The van der Waals surface area contributed by atoms with E-state index in [1.54, 1.807) is 0 Å². The Hall–Kier alpha value is -2.57. The van der Waals surface area contributed by atoms with Gasteiger partial charge in [0.25, 0.3) is 5.91 Å². The Morgan fingerprint density at radius 1 is 1.53 bits per heavy atom. The lowest BCUT2D eigenvalue weighted by Crippen LogP contribution is -2.28. The minimum Gasteiger partial charge on any atom is -0.384 e. The van der Waals surface area contributed by atoms with Crippen LogP contribution in [0.2, 0.25) is 0 Å². The SMILES string of the molecule is Nc1[nH]ncc1CNC(=O)c1c[nH]ccc1=O. The summed E-state index contributed by atoms with van der Waals surface area (Å²) in [6, 6.07) is 1.29. The summed E-state index contributed by atoms with van der Waals surface area (Å²) in [6.45, 7) is 0.218. The maximum atomic E-state index is 11.7. The first-order chi connectivity index (χ1) is 8.18. The summed E-state index contributed by atoms with van der Waals surface area (Å²) < 4.78 is 0. The van der Waals surface area contributed by atoms with E-state index in [-0.39, 0.29) is 17.5 Å². The molecule has 0 aliphatic carbocycles. The molecule has 0 bridgehead atoms. The number of nitrogen functional groups attached to an aromatic ring is 1. The van der Waals surface area contributed by atoms with Gasteiger partial charge in [-0.25, -0.2) is 0 Å². The summed E-state index contributed by atoms with van der Waals surface area (Å²) >= 11 is 0. The molecule has 2 aromatic heterocycles. The number of carbonyl (C=O) groups is 1. The molecule has 0 spiro atoms. The number of rotatable bonds is 3. The predicted molar refractivity (Wildman–Crippen MR) is 61.2 cm³/mol. The molecule has 0 atom stereocenters. The maximum Gasteiger partial charge on any atom is 0.257 e. The van der Waals surface area contributed by atoms with Gasteiger partial charge in [0.05, 0.1) is 6.20 Å². The molecule has 0 saturated heterocycles. The van der Waals surface area contributed by atoms with Crippen molar-refractivity contribution >= 4 is 11.7 Å². The summed E-state index contributed by atoms with van der Waals surface area (Å²) in [5.74, 6) is -0.0558. The summed E-state index contributed by atoms with van der Waals surface area (Å²) in [4.78, 5) is 25.7. The van der Waals surface area contributed by atoms with Crippen LogP contribution < -0.4 is 16.5 Å². The number of nitrogens with two attached hydrogens (primary N) is 1. The van der Waals surface area contributed by atoms with Gasteiger partial charge in [-0.2, -0.15) is 5.10 Å². The molecule has 0 aliphatic rings. The number of hydrogen-bond donors (Lipinski definition) is 4. The summed E-state index contributed by atoms with van der Waals surface area (Å²) in [7, 11) is 0. The molecule has 0 aliphatic heterocycles. The van der Waals surface area contributed by atoms with Gasteiger partial charge in [0.2, 0.25) is 0 Å². The third-order valence-electron chi connectivity index (χ3n) is 2.26. The van der Waals surface area contributed by atoms with Crippen LogP contribution in [0.1, 0.15) is 15.9 Å². The molecule has 2 heterocycles. The zero-order valence-electron chi connectivity index (χ0n) is 8.86. The molecule has 7 heteroatoms. The molecule has 1 amide bonds. The fourth-order valence-electron chi connectivity index (χ4n) is 1.33. The standard InChI is InChI=1S/C10H11N5O2/c11-9-6(4-14-15-9)3-13-10(17)7-5-12-2-1-8(7)16/h1-2,4-5H,3H2,(H,12,16)(H,13,17)(H3,11,14,15). The van der Waals surface area contributed by atoms with Gasteiger partial charge in [0, 0.05) is 30.6 Å². The highest BCUT2D eigenvalue weighted by Gasteiger charge is 2.10. The molecule has 0 fully saturated rings.